The zero-order valence-electron chi connectivity index (χ0n) is 13.1. The van der Waals surface area contributed by atoms with Gasteiger partial charge in [0.15, 0.2) is 0 Å². The number of fused-ring (bicyclic) bond motifs is 3. The van der Waals surface area contributed by atoms with Crippen LogP contribution >= 0.6 is 0 Å². The summed E-state index contributed by atoms with van der Waals surface area (Å²) in [6.45, 7) is 0.355. The van der Waals surface area contributed by atoms with Gasteiger partial charge in [0.1, 0.15) is 23.6 Å². The smallest absolute Gasteiger partial charge is 0.274 e. The topological polar surface area (TPSA) is 75.6 Å². The molecule has 24 heavy (non-hydrogen) atoms. The van der Waals surface area contributed by atoms with Crippen molar-refractivity contribution in [3.05, 3.63) is 48.5 Å². The number of benzene rings is 1. The highest BCUT2D eigenvalue weighted by atomic mass is 16.5. The molecule has 0 spiro atoms. The van der Waals surface area contributed by atoms with E-state index in [0.717, 1.165) is 0 Å². The van der Waals surface area contributed by atoms with Gasteiger partial charge in [-0.2, -0.15) is 0 Å². The first kappa shape index (κ1) is 14.6. The highest BCUT2D eigenvalue weighted by Crippen LogP contribution is 2.35. The number of carbonyl (C=O) groups excluding carboxylic acids is 2. The van der Waals surface area contributed by atoms with E-state index in [1.54, 1.807) is 16.8 Å². The van der Waals surface area contributed by atoms with E-state index >= 15 is 0 Å². The summed E-state index contributed by atoms with van der Waals surface area (Å²) in [5, 5.41) is 0. The number of aromatic nitrogens is 2. The maximum Gasteiger partial charge on any atom is 0.274 e. The van der Waals surface area contributed by atoms with Crippen LogP contribution in [-0.4, -0.2) is 52.4 Å². The lowest BCUT2D eigenvalue weighted by Gasteiger charge is -2.28. The van der Waals surface area contributed by atoms with Gasteiger partial charge in [-0.1, -0.05) is 12.1 Å². The van der Waals surface area contributed by atoms with Gasteiger partial charge in [0.05, 0.1) is 18.4 Å². The lowest BCUT2D eigenvalue weighted by Crippen LogP contribution is -2.47. The predicted octanol–water partition coefficient (Wildman–Crippen LogP) is 1.12. The van der Waals surface area contributed by atoms with Crippen LogP contribution in [0.15, 0.2) is 42.9 Å². The molecule has 122 valence electrons. The minimum atomic E-state index is -0.553. The molecule has 2 atom stereocenters. The van der Waals surface area contributed by atoms with Crippen LogP contribution in [0.3, 0.4) is 0 Å². The number of amides is 2. The number of nitrogens with zero attached hydrogens (tertiary/aromatic N) is 4. The Kier molecular flexibility index (Phi) is 3.41. The SMILES string of the molecule is CN1C(=O)C2CC(CN2C(=O)c2cnccn2)Oc2ccccc21. The number of para-hydroxylation sites is 2. The largest absolute Gasteiger partial charge is 0.486 e. The Morgan fingerprint density at radius 1 is 1.29 bits per heavy atom. The van der Waals surface area contributed by atoms with Gasteiger partial charge in [0.2, 0.25) is 5.91 Å². The Morgan fingerprint density at radius 2 is 2.12 bits per heavy atom. The van der Waals surface area contributed by atoms with Gasteiger partial charge in [-0.25, -0.2) is 4.98 Å². The molecule has 7 nitrogen and oxygen atoms in total. The van der Waals surface area contributed by atoms with Gasteiger partial charge in [-0.05, 0) is 12.1 Å². The Labute approximate surface area is 138 Å². The van der Waals surface area contributed by atoms with Crippen LogP contribution in [0.2, 0.25) is 0 Å². The number of carbonyl (C=O) groups is 2. The standard InChI is InChI=1S/C17H16N4O3/c1-20-13-4-2-3-5-15(13)24-11-8-14(17(20)23)21(10-11)16(22)12-9-18-6-7-19-12/h2-7,9,11,14H,8,10H2,1H3. The molecule has 3 heterocycles. The van der Waals surface area contributed by atoms with Crippen molar-refractivity contribution in [3.8, 4) is 5.75 Å². The van der Waals surface area contributed by atoms with E-state index in [1.807, 2.05) is 24.3 Å². The number of likely N-dealkylation sites (N-methyl/N-ethyl adjacent to an activating group) is 1. The molecule has 0 N–H and O–H groups in total. The van der Waals surface area contributed by atoms with Crippen molar-refractivity contribution in [2.24, 2.45) is 0 Å². The summed E-state index contributed by atoms with van der Waals surface area (Å²) in [6, 6.07) is 6.85. The van der Waals surface area contributed by atoms with Gasteiger partial charge >= 0.3 is 0 Å². The molecule has 4 rings (SSSR count). The summed E-state index contributed by atoms with van der Waals surface area (Å²) in [4.78, 5) is 36.7. The molecule has 1 fully saturated rings. The molecule has 1 aromatic carbocycles. The van der Waals surface area contributed by atoms with Crippen molar-refractivity contribution < 1.29 is 14.3 Å². The van der Waals surface area contributed by atoms with Gasteiger partial charge in [0, 0.05) is 25.9 Å². The van der Waals surface area contributed by atoms with Gasteiger partial charge in [-0.15, -0.1) is 0 Å². The van der Waals surface area contributed by atoms with Crippen molar-refractivity contribution in [1.29, 1.82) is 0 Å². The lowest BCUT2D eigenvalue weighted by atomic mass is 10.1. The zero-order chi connectivity index (χ0) is 16.7. The van der Waals surface area contributed by atoms with Crippen molar-refractivity contribution >= 4 is 17.5 Å². The summed E-state index contributed by atoms with van der Waals surface area (Å²) >= 11 is 0. The second-order valence-corrected chi connectivity index (χ2v) is 5.90. The van der Waals surface area contributed by atoms with Crippen LogP contribution in [0.4, 0.5) is 5.69 Å². The Balaban J connectivity index is 1.69. The van der Waals surface area contributed by atoms with Crippen molar-refractivity contribution in [2.75, 3.05) is 18.5 Å². The van der Waals surface area contributed by atoms with Crippen molar-refractivity contribution in [2.45, 2.75) is 18.6 Å². The van der Waals surface area contributed by atoms with Gasteiger partial charge < -0.3 is 14.5 Å². The summed E-state index contributed by atoms with van der Waals surface area (Å²) < 4.78 is 6.04. The van der Waals surface area contributed by atoms with Crippen LogP contribution in [0.5, 0.6) is 5.75 Å². The molecule has 2 aromatic rings. The third-order valence-corrected chi connectivity index (χ3v) is 4.44. The third kappa shape index (κ3) is 2.29. The monoisotopic (exact) mass is 324 g/mol. The molecule has 2 unspecified atom stereocenters. The van der Waals surface area contributed by atoms with Crippen LogP contribution < -0.4 is 9.64 Å². The minimum Gasteiger partial charge on any atom is -0.486 e. The molecule has 2 aliphatic rings. The van der Waals surface area contributed by atoms with E-state index in [4.69, 9.17) is 4.74 Å². The van der Waals surface area contributed by atoms with Crippen LogP contribution in [0, 0.1) is 0 Å². The maximum absolute atomic E-state index is 12.9. The van der Waals surface area contributed by atoms with E-state index in [9.17, 15) is 9.59 Å². The average Bonchev–Trinajstić information content (AvgIpc) is 3.05. The summed E-state index contributed by atoms with van der Waals surface area (Å²) in [7, 11) is 1.70. The number of anilines is 1. The van der Waals surface area contributed by atoms with Crippen molar-refractivity contribution in [3.63, 3.8) is 0 Å². The molecule has 2 amide bonds. The quantitative estimate of drug-likeness (QED) is 0.785. The van der Waals surface area contributed by atoms with E-state index < -0.39 is 6.04 Å². The average molecular weight is 324 g/mol. The van der Waals surface area contributed by atoms with Crippen LogP contribution in [0.1, 0.15) is 16.9 Å². The fourth-order valence-corrected chi connectivity index (χ4v) is 3.25. The first-order valence-corrected chi connectivity index (χ1v) is 7.75. The number of ether oxygens (including phenoxy) is 1. The fourth-order valence-electron chi connectivity index (χ4n) is 3.25. The fraction of sp³-hybridized carbons (Fsp3) is 0.294. The van der Waals surface area contributed by atoms with Gasteiger partial charge in [0.25, 0.3) is 5.91 Å². The number of likely N-dealkylation sites (tertiary alicyclic amines) is 1. The Bertz CT molecular complexity index is 795. The second kappa shape index (κ2) is 5.59. The normalized spacial score (nSPS) is 22.5. The van der Waals surface area contributed by atoms with Crippen molar-refractivity contribution in [1.82, 2.24) is 14.9 Å². The summed E-state index contributed by atoms with van der Waals surface area (Å²) in [5.74, 6) is 0.239. The number of rotatable bonds is 1. The molecule has 2 aliphatic heterocycles. The van der Waals surface area contributed by atoms with Crippen LogP contribution in [-0.2, 0) is 4.79 Å². The lowest BCUT2D eigenvalue weighted by molar-refractivity contribution is -0.122. The van der Waals surface area contributed by atoms with E-state index in [2.05, 4.69) is 9.97 Å². The molecule has 1 aromatic heterocycles. The molecule has 1 saturated heterocycles. The highest BCUT2D eigenvalue weighted by molar-refractivity contribution is 6.02. The number of hydrogen-bond donors (Lipinski definition) is 0. The number of hydrogen-bond acceptors (Lipinski definition) is 5. The van der Waals surface area contributed by atoms with Gasteiger partial charge in [-0.3, -0.25) is 14.6 Å². The van der Waals surface area contributed by atoms with E-state index in [-0.39, 0.29) is 23.6 Å². The molecular formula is C17H16N4O3. The molecule has 0 radical (unpaired) electrons. The van der Waals surface area contributed by atoms with Crippen LogP contribution in [0.25, 0.3) is 0 Å². The molecular weight excluding hydrogens is 308 g/mol. The highest BCUT2D eigenvalue weighted by Gasteiger charge is 2.44. The second-order valence-electron chi connectivity index (χ2n) is 5.90. The Morgan fingerprint density at radius 3 is 2.92 bits per heavy atom. The zero-order valence-corrected chi connectivity index (χ0v) is 13.1. The Hall–Kier alpha value is -2.96. The summed E-state index contributed by atoms with van der Waals surface area (Å²) in [6.07, 6.45) is 4.65. The molecule has 0 saturated carbocycles. The first-order valence-electron chi connectivity index (χ1n) is 7.75. The molecule has 7 heteroatoms. The summed E-state index contributed by atoms with van der Waals surface area (Å²) in [5.41, 5.74) is 0.946. The third-order valence-electron chi connectivity index (χ3n) is 4.44. The van der Waals surface area contributed by atoms with E-state index in [1.165, 1.54) is 18.6 Å². The maximum atomic E-state index is 12.9. The predicted molar refractivity (Wildman–Crippen MR) is 85.7 cm³/mol. The van der Waals surface area contributed by atoms with E-state index in [0.29, 0.717) is 24.4 Å². The minimum absolute atomic E-state index is 0.120. The molecule has 0 aliphatic carbocycles. The first-order chi connectivity index (χ1) is 11.6. The molecule has 2 bridgehead atoms.